The standard InChI is InChI=1S/C8H13N5O/c1-2-6-3-4-13(5-6)8(14)7-9-11-12-10-7/h6H,2-5H2,1H3,(H,9,10,11,12). The number of tetrazole rings is 1. The van der Waals surface area contributed by atoms with Gasteiger partial charge in [-0.15, -0.1) is 10.2 Å². The Hall–Kier alpha value is -1.46. The first-order valence-corrected chi connectivity index (χ1v) is 4.84. The number of hydrogen-bond acceptors (Lipinski definition) is 4. The highest BCUT2D eigenvalue weighted by molar-refractivity contribution is 5.90. The van der Waals surface area contributed by atoms with Crippen LogP contribution < -0.4 is 0 Å². The lowest BCUT2D eigenvalue weighted by atomic mass is 10.1. The fraction of sp³-hybridized carbons (Fsp3) is 0.750. The van der Waals surface area contributed by atoms with E-state index < -0.39 is 0 Å². The van der Waals surface area contributed by atoms with E-state index in [2.05, 4.69) is 27.5 Å². The SMILES string of the molecule is CCC1CCN(C(=O)c2nn[nH]n2)C1. The Morgan fingerprint density at radius 1 is 1.71 bits per heavy atom. The average molecular weight is 195 g/mol. The maximum atomic E-state index is 11.7. The Balaban J connectivity index is 2.00. The fourth-order valence-corrected chi connectivity index (χ4v) is 1.74. The van der Waals surface area contributed by atoms with Gasteiger partial charge in [-0.1, -0.05) is 13.3 Å². The minimum atomic E-state index is -0.116. The summed E-state index contributed by atoms with van der Waals surface area (Å²) in [4.78, 5) is 13.5. The summed E-state index contributed by atoms with van der Waals surface area (Å²) < 4.78 is 0. The van der Waals surface area contributed by atoms with Crippen molar-refractivity contribution in [2.24, 2.45) is 5.92 Å². The molecule has 1 aliphatic heterocycles. The molecule has 0 radical (unpaired) electrons. The van der Waals surface area contributed by atoms with E-state index in [9.17, 15) is 4.79 Å². The van der Waals surface area contributed by atoms with Gasteiger partial charge in [0.2, 0.25) is 0 Å². The van der Waals surface area contributed by atoms with Crippen molar-refractivity contribution in [1.82, 2.24) is 25.5 Å². The molecular formula is C8H13N5O. The Labute approximate surface area is 81.7 Å². The van der Waals surface area contributed by atoms with Crippen LogP contribution in [0.1, 0.15) is 30.4 Å². The maximum Gasteiger partial charge on any atom is 0.295 e. The van der Waals surface area contributed by atoms with Gasteiger partial charge in [-0.25, -0.2) is 0 Å². The summed E-state index contributed by atoms with van der Waals surface area (Å²) >= 11 is 0. The number of nitrogens with one attached hydrogen (secondary N) is 1. The molecule has 2 heterocycles. The Kier molecular flexibility index (Phi) is 2.43. The van der Waals surface area contributed by atoms with E-state index in [1.807, 2.05) is 0 Å². The van der Waals surface area contributed by atoms with Crippen molar-refractivity contribution in [2.45, 2.75) is 19.8 Å². The molecule has 0 bridgehead atoms. The van der Waals surface area contributed by atoms with Crippen LogP contribution in [0, 0.1) is 5.92 Å². The maximum absolute atomic E-state index is 11.7. The van der Waals surface area contributed by atoms with Crippen molar-refractivity contribution < 1.29 is 4.79 Å². The lowest BCUT2D eigenvalue weighted by molar-refractivity contribution is 0.0775. The average Bonchev–Trinajstić information content (AvgIpc) is 2.88. The first kappa shape index (κ1) is 9.11. The molecule has 1 N–H and O–H groups in total. The quantitative estimate of drug-likeness (QED) is 0.724. The molecule has 1 aromatic rings. The van der Waals surface area contributed by atoms with Crippen molar-refractivity contribution in [3.8, 4) is 0 Å². The normalized spacial score (nSPS) is 21.5. The third kappa shape index (κ3) is 1.59. The first-order valence-electron chi connectivity index (χ1n) is 4.84. The summed E-state index contributed by atoms with van der Waals surface area (Å²) in [5.74, 6) is 0.683. The number of aromatic nitrogens is 4. The van der Waals surface area contributed by atoms with Crippen molar-refractivity contribution in [1.29, 1.82) is 0 Å². The molecule has 1 unspecified atom stereocenters. The highest BCUT2D eigenvalue weighted by Crippen LogP contribution is 2.19. The first-order chi connectivity index (χ1) is 6.81. The highest BCUT2D eigenvalue weighted by Gasteiger charge is 2.27. The summed E-state index contributed by atoms with van der Waals surface area (Å²) in [7, 11) is 0. The van der Waals surface area contributed by atoms with E-state index in [1.54, 1.807) is 4.90 Å². The Morgan fingerprint density at radius 2 is 2.57 bits per heavy atom. The van der Waals surface area contributed by atoms with E-state index in [1.165, 1.54) is 0 Å². The number of likely N-dealkylation sites (tertiary alicyclic amines) is 1. The number of amides is 1. The fourth-order valence-electron chi connectivity index (χ4n) is 1.74. The molecule has 0 aromatic carbocycles. The van der Waals surface area contributed by atoms with Crippen molar-refractivity contribution in [2.75, 3.05) is 13.1 Å². The van der Waals surface area contributed by atoms with Crippen LogP contribution >= 0.6 is 0 Å². The molecule has 1 atom stereocenters. The van der Waals surface area contributed by atoms with Gasteiger partial charge in [0.05, 0.1) is 0 Å². The lowest BCUT2D eigenvalue weighted by Crippen LogP contribution is -2.29. The molecule has 0 saturated carbocycles. The smallest absolute Gasteiger partial charge is 0.295 e. The predicted octanol–water partition coefficient (Wildman–Crippen LogP) is 0.0718. The number of hydrogen-bond donors (Lipinski definition) is 1. The molecular weight excluding hydrogens is 182 g/mol. The third-order valence-corrected chi connectivity index (χ3v) is 2.69. The van der Waals surface area contributed by atoms with Crippen molar-refractivity contribution in [3.63, 3.8) is 0 Å². The molecule has 1 amide bonds. The second-order valence-corrected chi connectivity index (χ2v) is 3.55. The number of nitrogens with zero attached hydrogens (tertiary/aromatic N) is 4. The summed E-state index contributed by atoms with van der Waals surface area (Å²) in [5, 5.41) is 13.0. The van der Waals surface area contributed by atoms with Crippen LogP contribution in [0.3, 0.4) is 0 Å². The monoisotopic (exact) mass is 195 g/mol. The predicted molar refractivity (Wildman–Crippen MR) is 48.5 cm³/mol. The zero-order chi connectivity index (χ0) is 9.97. The molecule has 6 nitrogen and oxygen atoms in total. The number of rotatable bonds is 2. The van der Waals surface area contributed by atoms with Crippen molar-refractivity contribution in [3.05, 3.63) is 5.82 Å². The minimum absolute atomic E-state index is 0.116. The van der Waals surface area contributed by atoms with E-state index in [-0.39, 0.29) is 11.7 Å². The summed E-state index contributed by atoms with van der Waals surface area (Å²) in [5.41, 5.74) is 0. The molecule has 0 spiro atoms. The zero-order valence-electron chi connectivity index (χ0n) is 8.10. The van der Waals surface area contributed by atoms with Gasteiger partial charge in [-0.3, -0.25) is 4.79 Å². The molecule has 14 heavy (non-hydrogen) atoms. The van der Waals surface area contributed by atoms with Crippen LogP contribution in [0.4, 0.5) is 0 Å². The van der Waals surface area contributed by atoms with Crippen LogP contribution in [0.15, 0.2) is 0 Å². The largest absolute Gasteiger partial charge is 0.336 e. The van der Waals surface area contributed by atoms with Gasteiger partial charge in [0.1, 0.15) is 0 Å². The van der Waals surface area contributed by atoms with Gasteiger partial charge in [0.15, 0.2) is 0 Å². The molecule has 1 fully saturated rings. The van der Waals surface area contributed by atoms with E-state index >= 15 is 0 Å². The highest BCUT2D eigenvalue weighted by atomic mass is 16.2. The van der Waals surface area contributed by atoms with Gasteiger partial charge >= 0.3 is 0 Å². The second-order valence-electron chi connectivity index (χ2n) is 3.55. The van der Waals surface area contributed by atoms with Crippen LogP contribution in [0.2, 0.25) is 0 Å². The van der Waals surface area contributed by atoms with Gasteiger partial charge < -0.3 is 4.90 Å². The van der Waals surface area contributed by atoms with E-state index in [0.717, 1.165) is 25.9 Å². The third-order valence-electron chi connectivity index (χ3n) is 2.69. The van der Waals surface area contributed by atoms with Gasteiger partial charge in [-0.2, -0.15) is 5.21 Å². The number of H-pyrrole nitrogens is 1. The summed E-state index contributed by atoms with van der Waals surface area (Å²) in [6.45, 7) is 3.78. The molecule has 2 rings (SSSR count). The van der Waals surface area contributed by atoms with Gasteiger partial charge in [0, 0.05) is 13.1 Å². The lowest BCUT2D eigenvalue weighted by Gasteiger charge is -2.13. The Bertz CT molecular complexity index is 310. The summed E-state index contributed by atoms with van der Waals surface area (Å²) in [6.07, 6.45) is 2.20. The number of aromatic amines is 1. The van der Waals surface area contributed by atoms with Crippen LogP contribution in [0.25, 0.3) is 0 Å². The molecule has 76 valence electrons. The van der Waals surface area contributed by atoms with Crippen LogP contribution in [-0.4, -0.2) is 44.5 Å². The minimum Gasteiger partial charge on any atom is -0.336 e. The second kappa shape index (κ2) is 3.73. The molecule has 1 aliphatic rings. The Morgan fingerprint density at radius 3 is 3.14 bits per heavy atom. The number of carbonyl (C=O) groups excluding carboxylic acids is 1. The zero-order valence-corrected chi connectivity index (χ0v) is 8.10. The molecule has 1 saturated heterocycles. The number of carbonyl (C=O) groups is 1. The summed E-state index contributed by atoms with van der Waals surface area (Å²) in [6, 6.07) is 0. The van der Waals surface area contributed by atoms with Crippen molar-refractivity contribution >= 4 is 5.91 Å². The molecule has 1 aromatic heterocycles. The van der Waals surface area contributed by atoms with Crippen LogP contribution in [-0.2, 0) is 0 Å². The van der Waals surface area contributed by atoms with Gasteiger partial charge in [0.25, 0.3) is 11.7 Å². The van der Waals surface area contributed by atoms with Gasteiger partial charge in [-0.05, 0) is 17.6 Å². The van der Waals surface area contributed by atoms with E-state index in [0.29, 0.717) is 5.92 Å². The molecule has 6 heteroatoms. The van der Waals surface area contributed by atoms with Crippen LogP contribution in [0.5, 0.6) is 0 Å². The van der Waals surface area contributed by atoms with E-state index in [4.69, 9.17) is 0 Å². The topological polar surface area (TPSA) is 74.8 Å². The molecule has 0 aliphatic carbocycles.